The van der Waals surface area contributed by atoms with E-state index in [1.165, 1.54) is 0 Å². The number of nitrogens with zero attached hydrogens (tertiary/aromatic N) is 2. The fourth-order valence-corrected chi connectivity index (χ4v) is 0.894. The summed E-state index contributed by atoms with van der Waals surface area (Å²) in [6, 6.07) is 0. The van der Waals surface area contributed by atoms with Crippen LogP contribution in [0.4, 0.5) is 0 Å². The molecule has 1 heterocycles. The molecule has 1 rings (SSSR count). The third kappa shape index (κ3) is 4.15. The number of nitrogens with two attached hydrogens (primary N) is 1. The third-order valence-electron chi connectivity index (χ3n) is 1.44. The first-order valence-electron chi connectivity index (χ1n) is 4.22. The third-order valence-corrected chi connectivity index (χ3v) is 1.44. The second kappa shape index (κ2) is 6.74. The summed E-state index contributed by atoms with van der Waals surface area (Å²) in [5.41, 5.74) is 5.37. The maximum absolute atomic E-state index is 5.37. The highest BCUT2D eigenvalue weighted by Gasteiger charge is 1.96. The minimum Gasteiger partial charge on any atom is -0.490 e. The SMILES string of the molecule is CCCOc1cnn(CCN)c1.Cl. The number of aromatic nitrogens is 2. The molecule has 2 N–H and O–H groups in total. The quantitative estimate of drug-likeness (QED) is 0.782. The predicted molar refractivity (Wildman–Crippen MR) is 54.3 cm³/mol. The Balaban J connectivity index is 0.00000144. The zero-order chi connectivity index (χ0) is 8.81. The Labute approximate surface area is 84.5 Å². The van der Waals surface area contributed by atoms with Crippen LogP contribution in [-0.4, -0.2) is 22.9 Å². The van der Waals surface area contributed by atoms with E-state index in [-0.39, 0.29) is 12.4 Å². The Morgan fingerprint density at radius 2 is 2.38 bits per heavy atom. The van der Waals surface area contributed by atoms with Gasteiger partial charge in [-0.3, -0.25) is 4.68 Å². The van der Waals surface area contributed by atoms with E-state index in [4.69, 9.17) is 10.5 Å². The highest BCUT2D eigenvalue weighted by atomic mass is 35.5. The van der Waals surface area contributed by atoms with Crippen LogP contribution in [-0.2, 0) is 6.54 Å². The standard InChI is InChI=1S/C8H15N3O.ClH/c1-2-5-12-8-6-10-11(7-8)4-3-9;/h6-7H,2-5,9H2,1H3;1H. The van der Waals surface area contributed by atoms with Crippen LogP contribution in [0.15, 0.2) is 12.4 Å². The number of hydrogen-bond donors (Lipinski definition) is 1. The second-order valence-electron chi connectivity index (χ2n) is 2.58. The monoisotopic (exact) mass is 205 g/mol. The molecule has 0 aliphatic rings. The molecule has 0 atom stereocenters. The Kier molecular flexibility index (Phi) is 6.36. The van der Waals surface area contributed by atoms with Crippen LogP contribution < -0.4 is 10.5 Å². The van der Waals surface area contributed by atoms with Crippen molar-refractivity contribution < 1.29 is 4.74 Å². The van der Waals surface area contributed by atoms with Crippen LogP contribution in [0.1, 0.15) is 13.3 Å². The number of halogens is 1. The topological polar surface area (TPSA) is 53.1 Å². The molecule has 0 aliphatic heterocycles. The van der Waals surface area contributed by atoms with E-state index in [9.17, 15) is 0 Å². The van der Waals surface area contributed by atoms with E-state index < -0.39 is 0 Å². The number of rotatable bonds is 5. The first-order chi connectivity index (χ1) is 5.86. The van der Waals surface area contributed by atoms with Crippen LogP contribution >= 0.6 is 12.4 Å². The van der Waals surface area contributed by atoms with Gasteiger partial charge in [0.1, 0.15) is 0 Å². The molecule has 0 aromatic carbocycles. The summed E-state index contributed by atoms with van der Waals surface area (Å²) in [6.45, 7) is 4.17. The van der Waals surface area contributed by atoms with Crippen molar-refractivity contribution in [2.75, 3.05) is 13.2 Å². The Morgan fingerprint density at radius 1 is 1.62 bits per heavy atom. The maximum Gasteiger partial charge on any atom is 0.157 e. The fraction of sp³-hybridized carbons (Fsp3) is 0.625. The van der Waals surface area contributed by atoms with Gasteiger partial charge in [0, 0.05) is 6.54 Å². The minimum absolute atomic E-state index is 0. The summed E-state index contributed by atoms with van der Waals surface area (Å²) >= 11 is 0. The molecule has 0 amide bonds. The van der Waals surface area contributed by atoms with Gasteiger partial charge in [0.15, 0.2) is 5.75 Å². The highest BCUT2D eigenvalue weighted by molar-refractivity contribution is 5.85. The van der Waals surface area contributed by atoms with Crippen LogP contribution in [0, 0.1) is 0 Å². The Hall–Kier alpha value is -0.740. The lowest BCUT2D eigenvalue weighted by Gasteiger charge is -1.98. The first-order valence-corrected chi connectivity index (χ1v) is 4.22. The number of hydrogen-bond acceptors (Lipinski definition) is 3. The predicted octanol–water partition coefficient (Wildman–Crippen LogP) is 1.05. The van der Waals surface area contributed by atoms with Crippen molar-refractivity contribution in [3.05, 3.63) is 12.4 Å². The molecule has 0 spiro atoms. The van der Waals surface area contributed by atoms with Gasteiger partial charge >= 0.3 is 0 Å². The molecule has 0 bridgehead atoms. The van der Waals surface area contributed by atoms with Crippen molar-refractivity contribution >= 4 is 12.4 Å². The van der Waals surface area contributed by atoms with E-state index in [1.54, 1.807) is 10.9 Å². The van der Waals surface area contributed by atoms with Crippen molar-refractivity contribution in [3.8, 4) is 5.75 Å². The molecule has 0 saturated carbocycles. The summed E-state index contributed by atoms with van der Waals surface area (Å²) in [6.07, 6.45) is 4.59. The van der Waals surface area contributed by atoms with Gasteiger partial charge in [0.2, 0.25) is 0 Å². The summed E-state index contributed by atoms with van der Waals surface area (Å²) in [7, 11) is 0. The lowest BCUT2D eigenvalue weighted by molar-refractivity contribution is 0.317. The molecule has 0 saturated heterocycles. The number of ether oxygens (including phenoxy) is 1. The van der Waals surface area contributed by atoms with Crippen LogP contribution in [0.5, 0.6) is 5.75 Å². The molecule has 0 fully saturated rings. The molecule has 13 heavy (non-hydrogen) atoms. The highest BCUT2D eigenvalue weighted by Crippen LogP contribution is 2.07. The fourth-order valence-electron chi connectivity index (χ4n) is 0.894. The summed E-state index contributed by atoms with van der Waals surface area (Å²) in [4.78, 5) is 0. The van der Waals surface area contributed by atoms with Crippen LogP contribution in [0.25, 0.3) is 0 Å². The van der Waals surface area contributed by atoms with Gasteiger partial charge in [-0.25, -0.2) is 0 Å². The summed E-state index contributed by atoms with van der Waals surface area (Å²) < 4.78 is 7.14. The molecular weight excluding hydrogens is 190 g/mol. The van der Waals surface area contributed by atoms with E-state index in [2.05, 4.69) is 12.0 Å². The van der Waals surface area contributed by atoms with Crippen LogP contribution in [0.3, 0.4) is 0 Å². The van der Waals surface area contributed by atoms with Gasteiger partial charge in [0.05, 0.1) is 25.5 Å². The molecule has 0 radical (unpaired) electrons. The van der Waals surface area contributed by atoms with Gasteiger partial charge in [0.25, 0.3) is 0 Å². The van der Waals surface area contributed by atoms with Crippen molar-refractivity contribution in [1.82, 2.24) is 9.78 Å². The van der Waals surface area contributed by atoms with E-state index in [1.807, 2.05) is 6.20 Å². The van der Waals surface area contributed by atoms with Crippen molar-refractivity contribution in [2.24, 2.45) is 5.73 Å². The first kappa shape index (κ1) is 12.3. The molecule has 0 aliphatic carbocycles. The van der Waals surface area contributed by atoms with E-state index >= 15 is 0 Å². The largest absolute Gasteiger partial charge is 0.490 e. The van der Waals surface area contributed by atoms with Crippen molar-refractivity contribution in [1.29, 1.82) is 0 Å². The normalized spacial score (nSPS) is 9.38. The van der Waals surface area contributed by atoms with Gasteiger partial charge in [-0.1, -0.05) is 6.92 Å². The Morgan fingerprint density at radius 3 is 3.00 bits per heavy atom. The summed E-state index contributed by atoms with van der Waals surface area (Å²) in [5, 5.41) is 4.07. The smallest absolute Gasteiger partial charge is 0.157 e. The minimum atomic E-state index is 0. The summed E-state index contributed by atoms with van der Waals surface area (Å²) in [5.74, 6) is 0.824. The van der Waals surface area contributed by atoms with E-state index in [0.29, 0.717) is 6.54 Å². The molecule has 0 unspecified atom stereocenters. The lowest BCUT2D eigenvalue weighted by Crippen LogP contribution is -2.09. The van der Waals surface area contributed by atoms with Crippen LogP contribution in [0.2, 0.25) is 0 Å². The zero-order valence-electron chi connectivity index (χ0n) is 7.77. The average molecular weight is 206 g/mol. The molecule has 1 aromatic heterocycles. The van der Waals surface area contributed by atoms with Gasteiger partial charge in [-0.05, 0) is 6.42 Å². The molecule has 1 aromatic rings. The molecular formula is C8H16ClN3O. The van der Waals surface area contributed by atoms with Gasteiger partial charge < -0.3 is 10.5 Å². The van der Waals surface area contributed by atoms with E-state index in [0.717, 1.165) is 25.3 Å². The Bertz CT molecular complexity index is 227. The van der Waals surface area contributed by atoms with Crippen molar-refractivity contribution in [2.45, 2.75) is 19.9 Å². The maximum atomic E-state index is 5.37. The van der Waals surface area contributed by atoms with Crippen molar-refractivity contribution in [3.63, 3.8) is 0 Å². The van der Waals surface area contributed by atoms with Gasteiger partial charge in [-0.2, -0.15) is 5.10 Å². The molecule has 5 heteroatoms. The lowest BCUT2D eigenvalue weighted by atomic mass is 10.5. The average Bonchev–Trinajstić information content (AvgIpc) is 2.50. The second-order valence-corrected chi connectivity index (χ2v) is 2.58. The molecule has 76 valence electrons. The molecule has 4 nitrogen and oxygen atoms in total. The van der Waals surface area contributed by atoms with Gasteiger partial charge in [-0.15, -0.1) is 12.4 Å². The zero-order valence-corrected chi connectivity index (χ0v) is 8.59.